The topological polar surface area (TPSA) is 166 Å². The maximum absolute atomic E-state index is 14.3. The third kappa shape index (κ3) is 5.47. The average Bonchev–Trinajstić information content (AvgIpc) is 3.62. The first-order valence-electron chi connectivity index (χ1n) is 12.8. The molecule has 3 aromatic carbocycles. The van der Waals surface area contributed by atoms with Crippen LogP contribution in [0, 0.1) is 0 Å². The number of hydrogen-bond donors (Lipinski definition) is 4. The molecule has 2 aromatic heterocycles. The number of ether oxygens (including phenoxy) is 2. The van der Waals surface area contributed by atoms with Crippen molar-refractivity contribution in [2.75, 3.05) is 24.9 Å². The molecule has 12 heteroatoms. The fraction of sp³-hybridized carbons (Fsp3) is 0.133. The predicted molar refractivity (Wildman–Crippen MR) is 161 cm³/mol. The van der Waals surface area contributed by atoms with Crippen molar-refractivity contribution in [1.82, 2.24) is 14.7 Å². The van der Waals surface area contributed by atoms with E-state index in [-0.39, 0.29) is 22.8 Å². The number of nitrogens with one attached hydrogen (secondary N) is 2. The fourth-order valence-electron chi connectivity index (χ4n) is 4.61. The quantitative estimate of drug-likeness (QED) is 0.192. The van der Waals surface area contributed by atoms with Crippen LogP contribution in [0.15, 0.2) is 79.0 Å². The first-order chi connectivity index (χ1) is 20.3. The number of nitrogen functional groups attached to an aromatic ring is 1. The smallest absolute Gasteiger partial charge is 0.273 e. The van der Waals surface area contributed by atoms with Gasteiger partial charge < -0.3 is 31.2 Å². The number of para-hydroxylation sites is 1. The van der Waals surface area contributed by atoms with E-state index in [0.717, 1.165) is 28.0 Å². The first kappa shape index (κ1) is 28.2. The molecule has 6 N–H and O–H groups in total. The molecule has 0 bridgehead atoms. The van der Waals surface area contributed by atoms with Crippen LogP contribution in [-0.2, 0) is 11.3 Å². The van der Waals surface area contributed by atoms with Gasteiger partial charge in [-0.2, -0.15) is 4.37 Å². The number of nitrogens with zero attached hydrogens (tertiary/aromatic N) is 2. The van der Waals surface area contributed by atoms with Crippen LogP contribution >= 0.6 is 11.5 Å². The summed E-state index contributed by atoms with van der Waals surface area (Å²) in [6, 6.07) is 20.3. The zero-order chi connectivity index (χ0) is 29.8. The van der Waals surface area contributed by atoms with Crippen molar-refractivity contribution in [3.63, 3.8) is 0 Å². The Labute approximate surface area is 245 Å². The molecule has 11 nitrogen and oxygen atoms in total. The van der Waals surface area contributed by atoms with Crippen molar-refractivity contribution in [2.24, 2.45) is 5.73 Å². The number of carbonyl (C=O) groups is 3. The molecule has 3 amide bonds. The number of anilines is 2. The minimum atomic E-state index is -1.15. The van der Waals surface area contributed by atoms with E-state index < -0.39 is 23.8 Å². The number of nitrogens with two attached hydrogens (primary N) is 2. The Morgan fingerprint density at radius 3 is 2.24 bits per heavy atom. The van der Waals surface area contributed by atoms with Crippen LogP contribution in [0.2, 0.25) is 0 Å². The minimum Gasteiger partial charge on any atom is -0.497 e. The van der Waals surface area contributed by atoms with Gasteiger partial charge in [-0.25, -0.2) is 0 Å². The highest BCUT2D eigenvalue weighted by Crippen LogP contribution is 2.36. The summed E-state index contributed by atoms with van der Waals surface area (Å²) in [5, 5.41) is 3.73. The molecule has 1 atom stereocenters. The molecule has 0 spiro atoms. The SMILES string of the molecule is COc1ccc(CNC(=O)[C@H](c2c[nH]c3ccccc23)N(C(=O)c2snc(C(N)=O)c2N)c2ccc(OC)cc2)cc1. The largest absolute Gasteiger partial charge is 0.497 e. The summed E-state index contributed by atoms with van der Waals surface area (Å²) < 4.78 is 14.5. The summed E-state index contributed by atoms with van der Waals surface area (Å²) in [6.07, 6.45) is 1.71. The highest BCUT2D eigenvalue weighted by atomic mass is 32.1. The molecule has 214 valence electrons. The average molecular weight is 585 g/mol. The number of benzene rings is 3. The summed E-state index contributed by atoms with van der Waals surface area (Å²) >= 11 is 0.744. The van der Waals surface area contributed by atoms with E-state index in [1.54, 1.807) is 49.7 Å². The third-order valence-corrected chi connectivity index (χ3v) is 7.62. The summed E-state index contributed by atoms with van der Waals surface area (Å²) in [7, 11) is 3.11. The lowest BCUT2D eigenvalue weighted by Gasteiger charge is -2.31. The number of primary amides is 1. The number of rotatable bonds is 10. The number of aromatic amines is 1. The van der Waals surface area contributed by atoms with E-state index >= 15 is 0 Å². The molecular formula is C30H28N6O5S. The highest BCUT2D eigenvalue weighted by molar-refractivity contribution is 7.09. The summed E-state index contributed by atoms with van der Waals surface area (Å²) in [6.45, 7) is 0.195. The molecular weight excluding hydrogens is 556 g/mol. The minimum absolute atomic E-state index is 0.0209. The summed E-state index contributed by atoms with van der Waals surface area (Å²) in [5.74, 6) is -0.678. The van der Waals surface area contributed by atoms with Crippen LogP contribution in [0.3, 0.4) is 0 Å². The van der Waals surface area contributed by atoms with Crippen LogP contribution in [-0.4, -0.2) is 41.3 Å². The number of amides is 3. The maximum atomic E-state index is 14.3. The Morgan fingerprint density at radius 1 is 0.976 bits per heavy atom. The van der Waals surface area contributed by atoms with Gasteiger partial charge in [0.1, 0.15) is 22.4 Å². The summed E-state index contributed by atoms with van der Waals surface area (Å²) in [5.41, 5.74) is 13.8. The van der Waals surface area contributed by atoms with Gasteiger partial charge in [-0.1, -0.05) is 30.3 Å². The molecule has 0 aliphatic heterocycles. The lowest BCUT2D eigenvalue weighted by Crippen LogP contribution is -2.44. The first-order valence-corrected chi connectivity index (χ1v) is 13.6. The maximum Gasteiger partial charge on any atom is 0.273 e. The van der Waals surface area contributed by atoms with Gasteiger partial charge in [-0.3, -0.25) is 19.3 Å². The van der Waals surface area contributed by atoms with Crippen molar-refractivity contribution in [1.29, 1.82) is 0 Å². The van der Waals surface area contributed by atoms with Gasteiger partial charge >= 0.3 is 0 Å². The molecule has 5 aromatic rings. The lowest BCUT2D eigenvalue weighted by atomic mass is 10.0. The Kier molecular flexibility index (Phi) is 8.07. The van der Waals surface area contributed by atoms with E-state index in [0.29, 0.717) is 22.7 Å². The molecule has 0 radical (unpaired) electrons. The standard InChI is InChI=1S/C30H28N6O5S/c1-40-19-11-7-17(8-12-19)15-34-29(38)26(22-16-33-23-6-4-3-5-21(22)23)36(18-9-13-20(41-2)14-10-18)30(39)27-24(31)25(28(32)37)35-42-27/h3-14,16,26,33H,15,31H2,1-2H3,(H2,32,37)(H,34,38)/t26-/m0/s1. The van der Waals surface area contributed by atoms with E-state index in [1.165, 1.54) is 12.0 Å². The molecule has 42 heavy (non-hydrogen) atoms. The van der Waals surface area contributed by atoms with E-state index in [2.05, 4.69) is 14.7 Å². The van der Waals surface area contributed by atoms with E-state index in [9.17, 15) is 14.4 Å². The second kappa shape index (κ2) is 12.0. The molecule has 0 unspecified atom stereocenters. The molecule has 0 fully saturated rings. The van der Waals surface area contributed by atoms with Gasteiger partial charge in [0.05, 0.1) is 19.9 Å². The Balaban J connectivity index is 1.63. The van der Waals surface area contributed by atoms with Crippen molar-refractivity contribution in [3.8, 4) is 11.5 Å². The number of fused-ring (bicyclic) bond motifs is 1. The normalized spacial score (nSPS) is 11.6. The predicted octanol–water partition coefficient (Wildman–Crippen LogP) is 4.03. The number of hydrogen-bond acceptors (Lipinski definition) is 8. The monoisotopic (exact) mass is 584 g/mol. The molecule has 0 aliphatic rings. The zero-order valence-electron chi connectivity index (χ0n) is 22.8. The van der Waals surface area contributed by atoms with Crippen molar-refractivity contribution in [2.45, 2.75) is 12.6 Å². The van der Waals surface area contributed by atoms with Crippen LogP contribution in [0.1, 0.15) is 37.3 Å². The van der Waals surface area contributed by atoms with Gasteiger partial charge in [0, 0.05) is 34.9 Å². The number of methoxy groups -OCH3 is 2. The Hall–Kier alpha value is -5.36. The molecule has 0 saturated carbocycles. The van der Waals surface area contributed by atoms with Gasteiger partial charge in [0.25, 0.3) is 11.8 Å². The summed E-state index contributed by atoms with van der Waals surface area (Å²) in [4.78, 5) is 44.9. The molecule has 5 rings (SSSR count). The zero-order valence-corrected chi connectivity index (χ0v) is 23.6. The number of carbonyl (C=O) groups excluding carboxylic acids is 3. The fourth-order valence-corrected chi connectivity index (χ4v) is 5.35. The van der Waals surface area contributed by atoms with Crippen molar-refractivity contribution >= 4 is 51.5 Å². The van der Waals surface area contributed by atoms with Crippen molar-refractivity contribution < 1.29 is 23.9 Å². The number of aromatic nitrogens is 2. The third-order valence-electron chi connectivity index (χ3n) is 6.77. The van der Waals surface area contributed by atoms with Crippen LogP contribution in [0.25, 0.3) is 10.9 Å². The highest BCUT2D eigenvalue weighted by Gasteiger charge is 2.37. The second-order valence-electron chi connectivity index (χ2n) is 9.27. The van der Waals surface area contributed by atoms with E-state index in [4.69, 9.17) is 20.9 Å². The Bertz CT molecular complexity index is 1750. The van der Waals surface area contributed by atoms with E-state index in [1.807, 2.05) is 36.4 Å². The van der Waals surface area contributed by atoms with Gasteiger partial charge in [-0.05, 0) is 59.6 Å². The van der Waals surface area contributed by atoms with Crippen molar-refractivity contribution in [3.05, 3.63) is 101 Å². The van der Waals surface area contributed by atoms with Crippen LogP contribution < -0.4 is 31.2 Å². The molecule has 0 aliphatic carbocycles. The van der Waals surface area contributed by atoms with Gasteiger partial charge in [-0.15, -0.1) is 0 Å². The molecule has 2 heterocycles. The molecule has 0 saturated heterocycles. The van der Waals surface area contributed by atoms with Crippen LogP contribution in [0.5, 0.6) is 11.5 Å². The van der Waals surface area contributed by atoms with Gasteiger partial charge in [0.15, 0.2) is 5.69 Å². The number of H-pyrrole nitrogens is 1. The second-order valence-corrected chi connectivity index (χ2v) is 10.0. The van der Waals surface area contributed by atoms with Gasteiger partial charge in [0.2, 0.25) is 5.91 Å². The Morgan fingerprint density at radius 2 is 1.62 bits per heavy atom. The lowest BCUT2D eigenvalue weighted by molar-refractivity contribution is -0.122. The van der Waals surface area contributed by atoms with Crippen LogP contribution in [0.4, 0.5) is 11.4 Å².